The molecule has 1 rings (SSSR count). The molecule has 6 nitrogen and oxygen atoms in total. The molecule has 1 aromatic heterocycles. The van der Waals surface area contributed by atoms with Gasteiger partial charge in [0.05, 0.1) is 18.1 Å². The van der Waals surface area contributed by atoms with Gasteiger partial charge in [-0.25, -0.2) is 14.8 Å². The summed E-state index contributed by atoms with van der Waals surface area (Å²) < 4.78 is 0. The Morgan fingerprint density at radius 2 is 2.08 bits per heavy atom. The molecule has 0 aliphatic rings. The summed E-state index contributed by atoms with van der Waals surface area (Å²) in [7, 11) is 0. The van der Waals surface area contributed by atoms with Crippen LogP contribution in [0.1, 0.15) is 18.9 Å². The van der Waals surface area contributed by atoms with Crippen molar-refractivity contribution in [3.8, 4) is 0 Å². The topological polar surface area (TPSA) is 95.3 Å². The molecule has 13 heavy (non-hydrogen) atoms. The lowest BCUT2D eigenvalue weighted by atomic mass is 10.4. The highest BCUT2D eigenvalue weighted by molar-refractivity contribution is 5.82. The minimum atomic E-state index is -1.17. The molecule has 1 atom stereocenters. The van der Waals surface area contributed by atoms with E-state index in [0.29, 0.717) is 0 Å². The van der Waals surface area contributed by atoms with Crippen molar-refractivity contribution in [3.05, 3.63) is 18.2 Å². The third-order valence-electron chi connectivity index (χ3n) is 1.30. The van der Waals surface area contributed by atoms with Crippen molar-refractivity contribution in [3.63, 3.8) is 0 Å². The molecule has 1 heterocycles. The third-order valence-corrected chi connectivity index (χ3v) is 1.30. The van der Waals surface area contributed by atoms with Crippen molar-refractivity contribution >= 4 is 11.8 Å². The lowest BCUT2D eigenvalue weighted by Gasteiger charge is -2.03. The molecule has 0 bridgehead atoms. The maximum Gasteiger partial charge on any atom is 0.409 e. The van der Waals surface area contributed by atoms with E-state index in [4.69, 9.17) is 10.2 Å². The van der Waals surface area contributed by atoms with Crippen LogP contribution in [0.4, 0.5) is 10.5 Å². The minimum Gasteiger partial charge on any atom is -0.465 e. The van der Waals surface area contributed by atoms with Gasteiger partial charge in [0.2, 0.25) is 0 Å². The van der Waals surface area contributed by atoms with Crippen LogP contribution in [0.15, 0.2) is 12.4 Å². The predicted octanol–water partition coefficient (Wildman–Crippen LogP) is 0.620. The number of aliphatic hydroxyl groups excluding tert-OH is 1. The van der Waals surface area contributed by atoms with Crippen molar-refractivity contribution in [2.45, 2.75) is 13.0 Å². The van der Waals surface area contributed by atoms with E-state index in [0.717, 1.165) is 0 Å². The molecule has 0 aliphatic carbocycles. The Balaban J connectivity index is 2.75. The van der Waals surface area contributed by atoms with Crippen LogP contribution in [0.25, 0.3) is 0 Å². The monoisotopic (exact) mass is 183 g/mol. The molecule has 0 aromatic carbocycles. The molecule has 70 valence electrons. The number of nitrogens with one attached hydrogen (secondary N) is 1. The maximum absolute atomic E-state index is 10.2. The molecule has 0 saturated heterocycles. The van der Waals surface area contributed by atoms with Gasteiger partial charge in [-0.1, -0.05) is 0 Å². The minimum absolute atomic E-state index is 0.260. The summed E-state index contributed by atoms with van der Waals surface area (Å²) in [4.78, 5) is 17.7. The number of carbonyl (C=O) groups is 1. The van der Waals surface area contributed by atoms with Crippen molar-refractivity contribution in [2.24, 2.45) is 0 Å². The van der Waals surface area contributed by atoms with E-state index in [2.05, 4.69) is 15.3 Å². The lowest BCUT2D eigenvalue weighted by molar-refractivity contribution is 0.189. The number of anilines is 1. The Labute approximate surface area is 74.3 Å². The summed E-state index contributed by atoms with van der Waals surface area (Å²) in [5.74, 6) is 0.260. The second-order valence-electron chi connectivity index (χ2n) is 2.44. The van der Waals surface area contributed by atoms with Gasteiger partial charge in [-0.15, -0.1) is 0 Å². The van der Waals surface area contributed by atoms with E-state index in [9.17, 15) is 4.79 Å². The highest BCUT2D eigenvalue weighted by Crippen LogP contribution is 2.07. The fourth-order valence-corrected chi connectivity index (χ4v) is 0.742. The van der Waals surface area contributed by atoms with Crippen LogP contribution >= 0.6 is 0 Å². The Hall–Kier alpha value is -1.69. The number of amides is 1. The number of hydrogen-bond acceptors (Lipinski definition) is 4. The quantitative estimate of drug-likeness (QED) is 0.624. The molecule has 0 saturated carbocycles. The molecular formula is C7H9N3O3. The van der Waals surface area contributed by atoms with Gasteiger partial charge >= 0.3 is 6.09 Å². The molecular weight excluding hydrogens is 174 g/mol. The molecule has 0 radical (unpaired) electrons. The van der Waals surface area contributed by atoms with Gasteiger partial charge < -0.3 is 10.2 Å². The molecule has 0 aliphatic heterocycles. The second-order valence-corrected chi connectivity index (χ2v) is 2.44. The van der Waals surface area contributed by atoms with Gasteiger partial charge in [0.15, 0.2) is 5.82 Å². The fraction of sp³-hybridized carbons (Fsp3) is 0.286. The molecule has 3 N–H and O–H groups in total. The number of aliphatic hydroxyl groups is 1. The Morgan fingerprint density at radius 3 is 2.46 bits per heavy atom. The van der Waals surface area contributed by atoms with Gasteiger partial charge in [0, 0.05) is 0 Å². The average Bonchev–Trinajstić information content (AvgIpc) is 2.04. The largest absolute Gasteiger partial charge is 0.465 e. The Bertz CT molecular complexity index is 296. The van der Waals surface area contributed by atoms with E-state index in [1.807, 2.05) is 0 Å². The summed E-state index contributed by atoms with van der Waals surface area (Å²) in [5, 5.41) is 19.4. The first kappa shape index (κ1) is 9.40. The van der Waals surface area contributed by atoms with E-state index in [1.165, 1.54) is 19.3 Å². The highest BCUT2D eigenvalue weighted by Gasteiger charge is 2.04. The molecule has 6 heteroatoms. The summed E-state index contributed by atoms with van der Waals surface area (Å²) >= 11 is 0. The lowest BCUT2D eigenvalue weighted by Crippen LogP contribution is -2.09. The summed E-state index contributed by atoms with van der Waals surface area (Å²) in [5.41, 5.74) is 0.275. The van der Waals surface area contributed by atoms with E-state index < -0.39 is 12.2 Å². The van der Waals surface area contributed by atoms with E-state index >= 15 is 0 Å². The van der Waals surface area contributed by atoms with Crippen molar-refractivity contribution in [1.82, 2.24) is 9.97 Å². The summed E-state index contributed by atoms with van der Waals surface area (Å²) in [6.07, 6.45) is 0.666. The molecule has 1 aromatic rings. The maximum atomic E-state index is 10.2. The number of rotatable bonds is 2. The van der Waals surface area contributed by atoms with Gasteiger partial charge in [0.1, 0.15) is 6.10 Å². The SMILES string of the molecule is C[C@H](O)c1ncc(NC(=O)O)cn1. The fourth-order valence-electron chi connectivity index (χ4n) is 0.742. The van der Waals surface area contributed by atoms with E-state index in [1.54, 1.807) is 0 Å². The summed E-state index contributed by atoms with van der Waals surface area (Å²) in [6, 6.07) is 0. The van der Waals surface area contributed by atoms with Gasteiger partial charge in [-0.05, 0) is 6.92 Å². The zero-order valence-corrected chi connectivity index (χ0v) is 6.93. The van der Waals surface area contributed by atoms with Crippen LogP contribution < -0.4 is 5.32 Å². The second kappa shape index (κ2) is 3.81. The average molecular weight is 183 g/mol. The van der Waals surface area contributed by atoms with Crippen LogP contribution in [0, 0.1) is 0 Å². The standard InChI is InChI=1S/C7H9N3O3/c1-4(11)6-8-2-5(3-9-6)10-7(12)13/h2-4,10-11H,1H3,(H,12,13)/t4-/m0/s1. The molecule has 0 spiro atoms. The van der Waals surface area contributed by atoms with Crippen LogP contribution in [0.5, 0.6) is 0 Å². The van der Waals surface area contributed by atoms with Crippen LogP contribution in [-0.4, -0.2) is 26.3 Å². The first-order valence-electron chi connectivity index (χ1n) is 3.59. The number of nitrogens with zero attached hydrogens (tertiary/aromatic N) is 2. The first-order chi connectivity index (χ1) is 6.09. The summed E-state index contributed by atoms with van der Waals surface area (Å²) in [6.45, 7) is 1.53. The highest BCUT2D eigenvalue weighted by atomic mass is 16.4. The van der Waals surface area contributed by atoms with Gasteiger partial charge in [0.25, 0.3) is 0 Å². The van der Waals surface area contributed by atoms with Crippen LogP contribution in [-0.2, 0) is 0 Å². The zero-order chi connectivity index (χ0) is 9.84. The number of hydrogen-bond donors (Lipinski definition) is 3. The van der Waals surface area contributed by atoms with Crippen LogP contribution in [0.2, 0.25) is 0 Å². The van der Waals surface area contributed by atoms with Gasteiger partial charge in [-0.3, -0.25) is 5.32 Å². The molecule has 1 amide bonds. The number of carboxylic acid groups (broad SMARTS) is 1. The first-order valence-corrected chi connectivity index (χ1v) is 3.59. The van der Waals surface area contributed by atoms with Crippen LogP contribution in [0.3, 0.4) is 0 Å². The van der Waals surface area contributed by atoms with Gasteiger partial charge in [-0.2, -0.15) is 0 Å². The Morgan fingerprint density at radius 1 is 1.54 bits per heavy atom. The van der Waals surface area contributed by atoms with Crippen molar-refractivity contribution in [2.75, 3.05) is 5.32 Å². The zero-order valence-electron chi connectivity index (χ0n) is 6.93. The Kier molecular flexibility index (Phi) is 2.76. The normalized spacial score (nSPS) is 12.2. The smallest absolute Gasteiger partial charge is 0.409 e. The molecule has 0 unspecified atom stereocenters. The predicted molar refractivity (Wildman–Crippen MR) is 44.3 cm³/mol. The molecule has 0 fully saturated rings. The van der Waals surface area contributed by atoms with E-state index in [-0.39, 0.29) is 11.5 Å². The third kappa shape index (κ3) is 2.68. The van der Waals surface area contributed by atoms with Crippen molar-refractivity contribution in [1.29, 1.82) is 0 Å². The van der Waals surface area contributed by atoms with Crippen molar-refractivity contribution < 1.29 is 15.0 Å². The number of aromatic nitrogens is 2.